The van der Waals surface area contributed by atoms with Crippen LogP contribution < -0.4 is 5.32 Å². The third kappa shape index (κ3) is 2.24. The fraction of sp³-hybridized carbons (Fsp3) is 0.308. The molecule has 1 aromatic carbocycles. The first-order valence-electron chi connectivity index (χ1n) is 5.59. The van der Waals surface area contributed by atoms with Crippen LogP contribution in [-0.2, 0) is 20.0 Å². The number of aromatic nitrogens is 2. The molecule has 0 radical (unpaired) electrons. The van der Waals surface area contributed by atoms with Gasteiger partial charge in [-0.3, -0.25) is 0 Å². The maximum absolute atomic E-state index is 4.29. The Morgan fingerprint density at radius 2 is 2.12 bits per heavy atom. The van der Waals surface area contributed by atoms with Crippen LogP contribution in [0.15, 0.2) is 36.7 Å². The third-order valence-corrected chi connectivity index (χ3v) is 2.76. The number of nitrogens with zero attached hydrogens (tertiary/aromatic N) is 2. The van der Waals surface area contributed by atoms with Crippen LogP contribution in [-0.4, -0.2) is 9.55 Å². The minimum absolute atomic E-state index is 0.764. The average Bonchev–Trinajstić information content (AvgIpc) is 2.72. The van der Waals surface area contributed by atoms with Gasteiger partial charge < -0.3 is 9.88 Å². The van der Waals surface area contributed by atoms with Crippen LogP contribution in [0.5, 0.6) is 0 Å². The summed E-state index contributed by atoms with van der Waals surface area (Å²) in [7, 11) is 2.01. The minimum Gasteiger partial charge on any atom is -0.378 e. The molecule has 3 nitrogen and oxygen atoms in total. The lowest BCUT2D eigenvalue weighted by molar-refractivity contribution is 0.812. The molecule has 3 heteroatoms. The quantitative estimate of drug-likeness (QED) is 0.849. The number of benzene rings is 1. The van der Waals surface area contributed by atoms with E-state index in [2.05, 4.69) is 41.5 Å². The summed E-state index contributed by atoms with van der Waals surface area (Å²) in [5, 5.41) is 3.42. The van der Waals surface area contributed by atoms with Gasteiger partial charge in [-0.1, -0.05) is 25.1 Å². The van der Waals surface area contributed by atoms with Gasteiger partial charge in [0.05, 0.1) is 6.54 Å². The normalized spacial score (nSPS) is 10.4. The van der Waals surface area contributed by atoms with E-state index < -0.39 is 0 Å². The van der Waals surface area contributed by atoms with Gasteiger partial charge in [0.15, 0.2) is 0 Å². The van der Waals surface area contributed by atoms with E-state index in [1.165, 1.54) is 11.3 Å². The lowest BCUT2D eigenvalue weighted by Crippen LogP contribution is -2.06. The predicted octanol–water partition coefficient (Wildman–Crippen LogP) is 2.59. The number of hydrogen-bond donors (Lipinski definition) is 1. The molecular weight excluding hydrogens is 198 g/mol. The van der Waals surface area contributed by atoms with Gasteiger partial charge in [0.2, 0.25) is 0 Å². The number of anilines is 1. The monoisotopic (exact) mass is 215 g/mol. The van der Waals surface area contributed by atoms with Gasteiger partial charge in [0.1, 0.15) is 5.82 Å². The zero-order chi connectivity index (χ0) is 11.4. The zero-order valence-electron chi connectivity index (χ0n) is 9.77. The molecule has 2 rings (SSSR count). The lowest BCUT2D eigenvalue weighted by Gasteiger charge is -2.10. The second-order valence-electron chi connectivity index (χ2n) is 3.82. The van der Waals surface area contributed by atoms with E-state index in [9.17, 15) is 0 Å². The highest BCUT2D eigenvalue weighted by Crippen LogP contribution is 2.15. The van der Waals surface area contributed by atoms with E-state index in [0.29, 0.717) is 0 Å². The van der Waals surface area contributed by atoms with E-state index in [-0.39, 0.29) is 0 Å². The van der Waals surface area contributed by atoms with Crippen LogP contribution in [0.1, 0.15) is 18.3 Å². The highest BCUT2D eigenvalue weighted by molar-refractivity contribution is 5.50. The highest BCUT2D eigenvalue weighted by atomic mass is 15.1. The number of rotatable bonds is 4. The number of nitrogens with one attached hydrogen (secondary N) is 1. The third-order valence-electron chi connectivity index (χ3n) is 2.76. The maximum Gasteiger partial charge on any atom is 0.127 e. The molecule has 0 bridgehead atoms. The van der Waals surface area contributed by atoms with Crippen molar-refractivity contribution < 1.29 is 0 Å². The fourth-order valence-electron chi connectivity index (χ4n) is 1.74. The Morgan fingerprint density at radius 1 is 1.31 bits per heavy atom. The van der Waals surface area contributed by atoms with Crippen molar-refractivity contribution in [1.29, 1.82) is 0 Å². The van der Waals surface area contributed by atoms with Gasteiger partial charge in [0, 0.05) is 25.1 Å². The largest absolute Gasteiger partial charge is 0.378 e. The molecule has 0 saturated heterocycles. The second-order valence-corrected chi connectivity index (χ2v) is 3.82. The predicted molar refractivity (Wildman–Crippen MR) is 66.4 cm³/mol. The number of aryl methyl sites for hydroxylation is 2. The summed E-state index contributed by atoms with van der Waals surface area (Å²) in [6, 6.07) is 8.40. The van der Waals surface area contributed by atoms with Crippen molar-refractivity contribution in [3.8, 4) is 0 Å². The second kappa shape index (κ2) is 4.84. The first-order chi connectivity index (χ1) is 7.81. The molecule has 0 atom stereocenters. The summed E-state index contributed by atoms with van der Waals surface area (Å²) in [5.74, 6) is 1.05. The smallest absolute Gasteiger partial charge is 0.127 e. The number of imidazole rings is 1. The molecule has 2 aromatic rings. The van der Waals surface area contributed by atoms with Crippen LogP contribution in [0.25, 0.3) is 0 Å². The van der Waals surface area contributed by atoms with Gasteiger partial charge >= 0.3 is 0 Å². The molecule has 0 spiro atoms. The van der Waals surface area contributed by atoms with E-state index >= 15 is 0 Å². The molecule has 1 heterocycles. The molecule has 1 N–H and O–H groups in total. The van der Waals surface area contributed by atoms with Crippen molar-refractivity contribution in [1.82, 2.24) is 9.55 Å². The molecule has 16 heavy (non-hydrogen) atoms. The molecule has 0 fully saturated rings. The maximum atomic E-state index is 4.29. The molecule has 84 valence electrons. The van der Waals surface area contributed by atoms with Gasteiger partial charge in [-0.25, -0.2) is 4.98 Å². The van der Waals surface area contributed by atoms with Crippen LogP contribution in [0.2, 0.25) is 0 Å². The summed E-state index contributed by atoms with van der Waals surface area (Å²) in [4.78, 5) is 4.29. The topological polar surface area (TPSA) is 29.9 Å². The SMILES string of the molecule is CCc1ccccc1NCc1nccn1C. The highest BCUT2D eigenvalue weighted by Gasteiger charge is 2.01. The zero-order valence-corrected chi connectivity index (χ0v) is 9.77. The first kappa shape index (κ1) is 10.7. The van der Waals surface area contributed by atoms with Crippen molar-refractivity contribution in [3.63, 3.8) is 0 Å². The molecule has 0 aliphatic carbocycles. The van der Waals surface area contributed by atoms with Crippen molar-refractivity contribution >= 4 is 5.69 Å². The molecule has 0 amide bonds. The Labute approximate surface area is 96.1 Å². The Kier molecular flexibility index (Phi) is 3.25. The van der Waals surface area contributed by atoms with E-state index in [0.717, 1.165) is 18.8 Å². The summed E-state index contributed by atoms with van der Waals surface area (Å²) in [5.41, 5.74) is 2.55. The lowest BCUT2D eigenvalue weighted by atomic mass is 10.1. The van der Waals surface area contributed by atoms with Crippen molar-refractivity contribution in [2.75, 3.05) is 5.32 Å². The molecule has 1 aromatic heterocycles. The molecule has 0 unspecified atom stereocenters. The first-order valence-corrected chi connectivity index (χ1v) is 5.59. The summed E-state index contributed by atoms with van der Waals surface area (Å²) >= 11 is 0. The Balaban J connectivity index is 2.07. The summed E-state index contributed by atoms with van der Waals surface area (Å²) < 4.78 is 2.03. The molecule has 0 aliphatic heterocycles. The average molecular weight is 215 g/mol. The fourth-order valence-corrected chi connectivity index (χ4v) is 1.74. The summed E-state index contributed by atoms with van der Waals surface area (Å²) in [6.07, 6.45) is 4.83. The van der Waals surface area contributed by atoms with E-state index in [1.807, 2.05) is 24.0 Å². The van der Waals surface area contributed by atoms with Gasteiger partial charge in [-0.2, -0.15) is 0 Å². The van der Waals surface area contributed by atoms with Crippen molar-refractivity contribution in [2.24, 2.45) is 7.05 Å². The summed E-state index contributed by atoms with van der Waals surface area (Å²) in [6.45, 7) is 2.93. The Hall–Kier alpha value is -1.77. The van der Waals surface area contributed by atoms with Crippen LogP contribution in [0.3, 0.4) is 0 Å². The number of para-hydroxylation sites is 1. The minimum atomic E-state index is 0.764. The molecular formula is C13H17N3. The van der Waals surface area contributed by atoms with Crippen molar-refractivity contribution in [3.05, 3.63) is 48.0 Å². The molecule has 0 saturated carbocycles. The Bertz CT molecular complexity index is 460. The number of hydrogen-bond acceptors (Lipinski definition) is 2. The van der Waals surface area contributed by atoms with E-state index in [1.54, 1.807) is 0 Å². The Morgan fingerprint density at radius 3 is 2.81 bits per heavy atom. The van der Waals surface area contributed by atoms with Crippen LogP contribution >= 0.6 is 0 Å². The van der Waals surface area contributed by atoms with Crippen molar-refractivity contribution in [2.45, 2.75) is 19.9 Å². The van der Waals surface area contributed by atoms with Crippen LogP contribution in [0, 0.1) is 0 Å². The molecule has 0 aliphatic rings. The van der Waals surface area contributed by atoms with Gasteiger partial charge in [0.25, 0.3) is 0 Å². The van der Waals surface area contributed by atoms with Gasteiger partial charge in [-0.05, 0) is 18.1 Å². The van der Waals surface area contributed by atoms with Gasteiger partial charge in [-0.15, -0.1) is 0 Å². The standard InChI is InChI=1S/C13H17N3/c1-3-11-6-4-5-7-12(11)15-10-13-14-8-9-16(13)2/h4-9,15H,3,10H2,1-2H3. The van der Waals surface area contributed by atoms with Crippen LogP contribution in [0.4, 0.5) is 5.69 Å². The van der Waals surface area contributed by atoms with E-state index in [4.69, 9.17) is 0 Å².